The van der Waals surface area contributed by atoms with Crippen molar-refractivity contribution in [3.63, 3.8) is 0 Å². The minimum atomic E-state index is -0.327. The van der Waals surface area contributed by atoms with Crippen molar-refractivity contribution in [3.05, 3.63) is 23.8 Å². The van der Waals surface area contributed by atoms with Gasteiger partial charge in [0.15, 0.2) is 5.82 Å². The Labute approximate surface area is 97.6 Å². The normalized spacial score (nSPS) is 10.5. The molecule has 0 unspecified atom stereocenters. The maximum absolute atomic E-state index is 11.9. The number of rotatable bonds is 3. The van der Waals surface area contributed by atoms with E-state index in [0.717, 1.165) is 0 Å². The number of nitrogens with zero attached hydrogens (tertiary/aromatic N) is 3. The summed E-state index contributed by atoms with van der Waals surface area (Å²) in [6, 6.07) is 1.68. The van der Waals surface area contributed by atoms with Gasteiger partial charge in [-0.1, -0.05) is 5.16 Å². The molecule has 7 nitrogen and oxygen atoms in total. The molecule has 0 aliphatic heterocycles. The van der Waals surface area contributed by atoms with Crippen molar-refractivity contribution in [2.45, 2.75) is 20.4 Å². The molecule has 90 valence electrons. The Balaban J connectivity index is 2.19. The number of amides is 1. The van der Waals surface area contributed by atoms with E-state index in [1.165, 1.54) is 0 Å². The molecule has 0 aliphatic carbocycles. The fraction of sp³-hybridized carbons (Fsp3) is 0.300. The average Bonchev–Trinajstić information content (AvgIpc) is 2.84. The zero-order chi connectivity index (χ0) is 12.4. The molecule has 2 aromatic rings. The summed E-state index contributed by atoms with van der Waals surface area (Å²) in [4.78, 5) is 15.8. The van der Waals surface area contributed by atoms with Gasteiger partial charge in [-0.2, -0.15) is 4.98 Å². The SMILES string of the molecule is CCn1cc(N)cc1C(=O)Nc1nc(C)no1. The molecular weight excluding hydrogens is 222 g/mol. The summed E-state index contributed by atoms with van der Waals surface area (Å²) in [6.07, 6.45) is 1.70. The van der Waals surface area contributed by atoms with Crippen LogP contribution in [0.5, 0.6) is 0 Å². The first-order valence-corrected chi connectivity index (χ1v) is 5.17. The smallest absolute Gasteiger partial charge is 0.328 e. The number of hydrogen-bond donors (Lipinski definition) is 2. The number of nitrogens with two attached hydrogens (primary N) is 1. The third-order valence-electron chi connectivity index (χ3n) is 2.24. The van der Waals surface area contributed by atoms with E-state index in [2.05, 4.69) is 15.5 Å². The lowest BCUT2D eigenvalue weighted by atomic mass is 10.4. The van der Waals surface area contributed by atoms with Crippen LogP contribution in [0, 0.1) is 6.92 Å². The fourth-order valence-electron chi connectivity index (χ4n) is 1.49. The highest BCUT2D eigenvalue weighted by molar-refractivity contribution is 6.02. The zero-order valence-electron chi connectivity index (χ0n) is 9.60. The molecule has 0 spiro atoms. The maximum Gasteiger partial charge on any atom is 0.328 e. The second-order valence-corrected chi connectivity index (χ2v) is 3.55. The van der Waals surface area contributed by atoms with Crippen LogP contribution < -0.4 is 11.1 Å². The van der Waals surface area contributed by atoms with E-state index in [4.69, 9.17) is 10.3 Å². The lowest BCUT2D eigenvalue weighted by Gasteiger charge is -2.03. The number of aryl methyl sites for hydroxylation is 2. The van der Waals surface area contributed by atoms with E-state index < -0.39 is 0 Å². The second-order valence-electron chi connectivity index (χ2n) is 3.55. The molecule has 0 bridgehead atoms. The van der Waals surface area contributed by atoms with E-state index in [-0.39, 0.29) is 11.9 Å². The Morgan fingerprint density at radius 2 is 2.41 bits per heavy atom. The van der Waals surface area contributed by atoms with Gasteiger partial charge in [0.1, 0.15) is 5.69 Å². The molecule has 0 saturated carbocycles. The average molecular weight is 235 g/mol. The van der Waals surface area contributed by atoms with Crippen LogP contribution in [-0.4, -0.2) is 20.6 Å². The summed E-state index contributed by atoms with van der Waals surface area (Å²) >= 11 is 0. The third-order valence-corrected chi connectivity index (χ3v) is 2.24. The lowest BCUT2D eigenvalue weighted by Crippen LogP contribution is -2.16. The van der Waals surface area contributed by atoms with Crippen LogP contribution in [0.25, 0.3) is 0 Å². The fourth-order valence-corrected chi connectivity index (χ4v) is 1.49. The first kappa shape index (κ1) is 11.2. The van der Waals surface area contributed by atoms with Gasteiger partial charge in [-0.25, -0.2) is 0 Å². The summed E-state index contributed by atoms with van der Waals surface area (Å²) in [7, 11) is 0. The largest absolute Gasteiger partial charge is 0.397 e. The molecule has 1 amide bonds. The molecule has 0 radical (unpaired) electrons. The van der Waals surface area contributed by atoms with Crippen molar-refractivity contribution >= 4 is 17.6 Å². The molecule has 0 atom stereocenters. The summed E-state index contributed by atoms with van der Waals surface area (Å²) in [5.41, 5.74) is 6.64. The highest BCUT2D eigenvalue weighted by atomic mass is 16.5. The predicted octanol–water partition coefficient (Wildman–Crippen LogP) is 1.03. The molecule has 0 aliphatic rings. The first-order valence-electron chi connectivity index (χ1n) is 5.17. The highest BCUT2D eigenvalue weighted by Crippen LogP contribution is 2.12. The van der Waals surface area contributed by atoms with Gasteiger partial charge in [-0.05, 0) is 19.9 Å². The second kappa shape index (κ2) is 4.28. The molecule has 0 fully saturated rings. The predicted molar refractivity (Wildman–Crippen MR) is 61.5 cm³/mol. The number of aromatic nitrogens is 3. The van der Waals surface area contributed by atoms with Gasteiger partial charge < -0.3 is 14.8 Å². The van der Waals surface area contributed by atoms with Gasteiger partial charge >= 0.3 is 6.01 Å². The number of carbonyl (C=O) groups excluding carboxylic acids is 1. The van der Waals surface area contributed by atoms with E-state index in [1.807, 2.05) is 6.92 Å². The van der Waals surface area contributed by atoms with Crippen molar-refractivity contribution in [1.82, 2.24) is 14.7 Å². The summed E-state index contributed by atoms with van der Waals surface area (Å²) in [6.45, 7) is 4.25. The molecule has 7 heteroatoms. The summed E-state index contributed by atoms with van der Waals surface area (Å²) < 4.78 is 6.55. The van der Waals surface area contributed by atoms with E-state index in [0.29, 0.717) is 23.8 Å². The molecule has 0 aromatic carbocycles. The van der Waals surface area contributed by atoms with Gasteiger partial charge in [-0.15, -0.1) is 0 Å². The Bertz CT molecular complexity index is 543. The van der Waals surface area contributed by atoms with Crippen molar-refractivity contribution < 1.29 is 9.32 Å². The summed E-state index contributed by atoms with van der Waals surface area (Å²) in [5.74, 6) is 0.137. The standard InChI is InChI=1S/C10H13N5O2/c1-3-15-5-7(11)4-8(15)9(16)13-10-12-6(2)14-17-10/h4-5H,3,11H2,1-2H3,(H,12,13,14,16). The number of nitrogen functional groups attached to an aromatic ring is 1. The quantitative estimate of drug-likeness (QED) is 0.827. The van der Waals surface area contributed by atoms with Gasteiger partial charge in [0.2, 0.25) is 0 Å². The van der Waals surface area contributed by atoms with Crippen molar-refractivity contribution in [2.24, 2.45) is 0 Å². The Hall–Kier alpha value is -2.31. The maximum atomic E-state index is 11.9. The monoisotopic (exact) mass is 235 g/mol. The van der Waals surface area contributed by atoms with Crippen LogP contribution in [0.2, 0.25) is 0 Å². The minimum Gasteiger partial charge on any atom is -0.397 e. The lowest BCUT2D eigenvalue weighted by molar-refractivity contribution is 0.101. The van der Waals surface area contributed by atoms with Crippen LogP contribution in [0.4, 0.5) is 11.7 Å². The molecule has 17 heavy (non-hydrogen) atoms. The van der Waals surface area contributed by atoms with Gasteiger partial charge in [0, 0.05) is 12.7 Å². The molecular formula is C10H13N5O2. The van der Waals surface area contributed by atoms with E-state index in [9.17, 15) is 4.79 Å². The van der Waals surface area contributed by atoms with Gasteiger partial charge in [-0.3, -0.25) is 10.1 Å². The number of anilines is 2. The molecule has 2 rings (SSSR count). The van der Waals surface area contributed by atoms with Gasteiger partial charge in [0.05, 0.1) is 5.69 Å². The Morgan fingerprint density at radius 3 is 3.00 bits per heavy atom. The van der Waals surface area contributed by atoms with Crippen LogP contribution in [0.1, 0.15) is 23.2 Å². The minimum absolute atomic E-state index is 0.0786. The van der Waals surface area contributed by atoms with Crippen LogP contribution in [-0.2, 0) is 6.54 Å². The number of carbonyl (C=O) groups is 1. The topological polar surface area (TPSA) is 99.0 Å². The first-order chi connectivity index (χ1) is 8.10. The van der Waals surface area contributed by atoms with Crippen molar-refractivity contribution in [2.75, 3.05) is 11.1 Å². The van der Waals surface area contributed by atoms with Crippen molar-refractivity contribution in [1.29, 1.82) is 0 Å². The third kappa shape index (κ3) is 2.27. The number of nitrogens with one attached hydrogen (secondary N) is 1. The summed E-state index contributed by atoms with van der Waals surface area (Å²) in [5, 5.41) is 6.09. The van der Waals surface area contributed by atoms with Gasteiger partial charge in [0.25, 0.3) is 5.91 Å². The van der Waals surface area contributed by atoms with Crippen LogP contribution >= 0.6 is 0 Å². The Kier molecular flexibility index (Phi) is 2.82. The molecule has 2 aromatic heterocycles. The Morgan fingerprint density at radius 1 is 1.65 bits per heavy atom. The van der Waals surface area contributed by atoms with Crippen LogP contribution in [0.15, 0.2) is 16.8 Å². The molecule has 2 heterocycles. The van der Waals surface area contributed by atoms with Crippen molar-refractivity contribution in [3.8, 4) is 0 Å². The van der Waals surface area contributed by atoms with Crippen LogP contribution in [0.3, 0.4) is 0 Å². The van der Waals surface area contributed by atoms with E-state index >= 15 is 0 Å². The molecule has 0 saturated heterocycles. The number of hydrogen-bond acceptors (Lipinski definition) is 5. The highest BCUT2D eigenvalue weighted by Gasteiger charge is 2.14. The van der Waals surface area contributed by atoms with E-state index in [1.54, 1.807) is 23.8 Å². The zero-order valence-corrected chi connectivity index (χ0v) is 9.60. The molecule has 3 N–H and O–H groups in total.